The Balaban J connectivity index is 1.60. The van der Waals surface area contributed by atoms with Gasteiger partial charge in [-0.2, -0.15) is 23.4 Å². The molecule has 1 fully saturated rings. The first-order valence-electron chi connectivity index (χ1n) is 10.4. The molecule has 1 saturated carbocycles. The van der Waals surface area contributed by atoms with Crippen molar-refractivity contribution in [2.75, 3.05) is 10.6 Å². The number of halogens is 3. The second-order valence-corrected chi connectivity index (χ2v) is 8.16. The minimum absolute atomic E-state index is 0.0169. The van der Waals surface area contributed by atoms with Crippen LogP contribution in [0, 0.1) is 0 Å². The summed E-state index contributed by atoms with van der Waals surface area (Å²) in [5, 5.41) is 23.3. The van der Waals surface area contributed by atoms with Gasteiger partial charge in [0.05, 0.1) is 24.0 Å². The van der Waals surface area contributed by atoms with E-state index >= 15 is 0 Å². The zero-order valence-corrected chi connectivity index (χ0v) is 17.6. The fraction of sp³-hybridized carbons (Fsp3) is 0.500. The van der Waals surface area contributed by atoms with Gasteiger partial charge >= 0.3 is 6.18 Å². The van der Waals surface area contributed by atoms with Crippen LogP contribution in [0.25, 0.3) is 5.65 Å². The molecule has 0 unspecified atom stereocenters. The number of aromatic nitrogens is 5. The maximum atomic E-state index is 13.4. The highest BCUT2D eigenvalue weighted by atomic mass is 19.4. The maximum Gasteiger partial charge on any atom is 0.437 e. The van der Waals surface area contributed by atoms with Crippen LogP contribution in [0.2, 0.25) is 0 Å². The highest BCUT2D eigenvalue weighted by molar-refractivity contribution is 6.08. The molecule has 0 spiro atoms. The predicted octanol–water partition coefficient (Wildman–Crippen LogP) is 3.49. The van der Waals surface area contributed by atoms with Gasteiger partial charge in [-0.3, -0.25) is 9.48 Å². The molecule has 9 nitrogen and oxygen atoms in total. The van der Waals surface area contributed by atoms with Gasteiger partial charge in [0, 0.05) is 18.4 Å². The van der Waals surface area contributed by atoms with Gasteiger partial charge in [-0.05, 0) is 32.8 Å². The number of aliphatic hydroxyl groups excluding tert-OH is 1. The molecule has 4 rings (SSSR count). The van der Waals surface area contributed by atoms with Crippen molar-refractivity contribution >= 4 is 23.1 Å². The molecule has 0 bridgehead atoms. The third-order valence-electron chi connectivity index (χ3n) is 5.45. The molecular formula is C20H24F3N7O2. The molecule has 172 valence electrons. The first-order valence-corrected chi connectivity index (χ1v) is 10.4. The van der Waals surface area contributed by atoms with Crippen LogP contribution in [0.15, 0.2) is 24.7 Å². The summed E-state index contributed by atoms with van der Waals surface area (Å²) >= 11 is 0. The number of hydrogen-bond acceptors (Lipinski definition) is 6. The molecule has 32 heavy (non-hydrogen) atoms. The van der Waals surface area contributed by atoms with E-state index in [9.17, 15) is 23.1 Å². The first kappa shape index (κ1) is 22.1. The molecule has 1 aliphatic carbocycles. The molecule has 1 aliphatic rings. The standard InChI is InChI=1S/C20H24F3N7O2/c1-11(2)30-10-14(17(28-30)20(21,22)23)26-19(32)12-9-24-29-8-7-16(27-18(12)29)25-13-5-3-4-6-15(13)31/h7-11,13,15,31H,3-6H2,1-2H3,(H,25,27)(H,26,32)/t13-,15+/m1/s1. The maximum absolute atomic E-state index is 13.4. The van der Waals surface area contributed by atoms with Crippen molar-refractivity contribution in [3.05, 3.63) is 35.9 Å². The minimum Gasteiger partial charge on any atom is -0.391 e. The van der Waals surface area contributed by atoms with E-state index in [0.717, 1.165) is 30.1 Å². The van der Waals surface area contributed by atoms with E-state index in [4.69, 9.17) is 0 Å². The van der Waals surface area contributed by atoms with E-state index in [1.165, 1.54) is 10.7 Å². The van der Waals surface area contributed by atoms with Gasteiger partial charge in [-0.25, -0.2) is 9.50 Å². The lowest BCUT2D eigenvalue weighted by Gasteiger charge is -2.28. The number of fused-ring (bicyclic) bond motifs is 1. The van der Waals surface area contributed by atoms with Crippen LogP contribution in [0.4, 0.5) is 24.7 Å². The summed E-state index contributed by atoms with van der Waals surface area (Å²) in [4.78, 5) is 17.2. The average molecular weight is 451 g/mol. The summed E-state index contributed by atoms with van der Waals surface area (Å²) < 4.78 is 42.7. The Morgan fingerprint density at radius 2 is 2.03 bits per heavy atom. The van der Waals surface area contributed by atoms with Crippen LogP contribution in [0.5, 0.6) is 0 Å². The number of alkyl halides is 3. The molecule has 0 aromatic carbocycles. The molecule has 3 heterocycles. The molecule has 2 atom stereocenters. The molecule has 0 aliphatic heterocycles. The molecule has 3 aromatic heterocycles. The number of nitrogens with one attached hydrogen (secondary N) is 2. The van der Waals surface area contributed by atoms with Gasteiger partial charge in [0.1, 0.15) is 11.4 Å². The number of rotatable bonds is 5. The van der Waals surface area contributed by atoms with Crippen LogP contribution in [0.1, 0.15) is 61.6 Å². The largest absolute Gasteiger partial charge is 0.437 e. The van der Waals surface area contributed by atoms with Crippen molar-refractivity contribution in [2.24, 2.45) is 0 Å². The van der Waals surface area contributed by atoms with Crippen molar-refractivity contribution in [2.45, 2.75) is 63.9 Å². The van der Waals surface area contributed by atoms with E-state index in [1.807, 2.05) is 0 Å². The lowest BCUT2D eigenvalue weighted by Crippen LogP contribution is -2.36. The minimum atomic E-state index is -4.72. The number of carbonyl (C=O) groups excluding carboxylic acids is 1. The van der Waals surface area contributed by atoms with Crippen molar-refractivity contribution in [3.63, 3.8) is 0 Å². The second-order valence-electron chi connectivity index (χ2n) is 8.16. The molecule has 1 amide bonds. The van der Waals surface area contributed by atoms with Gasteiger partial charge in [-0.15, -0.1) is 0 Å². The van der Waals surface area contributed by atoms with Crippen LogP contribution in [0.3, 0.4) is 0 Å². The summed E-state index contributed by atoms with van der Waals surface area (Å²) in [6.07, 6.45) is 2.22. The monoisotopic (exact) mass is 451 g/mol. The van der Waals surface area contributed by atoms with E-state index in [1.54, 1.807) is 26.1 Å². The predicted molar refractivity (Wildman–Crippen MR) is 110 cm³/mol. The molecule has 3 aromatic rings. The average Bonchev–Trinajstić information content (AvgIpc) is 3.34. The molecule has 0 radical (unpaired) electrons. The van der Waals surface area contributed by atoms with Crippen molar-refractivity contribution in [1.29, 1.82) is 0 Å². The van der Waals surface area contributed by atoms with Gasteiger partial charge in [0.2, 0.25) is 0 Å². The third-order valence-corrected chi connectivity index (χ3v) is 5.45. The Hall–Kier alpha value is -3.15. The molecule has 12 heteroatoms. The van der Waals surface area contributed by atoms with Crippen LogP contribution in [-0.2, 0) is 6.18 Å². The van der Waals surface area contributed by atoms with Crippen molar-refractivity contribution < 1.29 is 23.1 Å². The van der Waals surface area contributed by atoms with Crippen LogP contribution in [-0.4, -0.2) is 47.5 Å². The first-order chi connectivity index (χ1) is 15.1. The quantitative estimate of drug-likeness (QED) is 0.548. The van der Waals surface area contributed by atoms with Gasteiger partial charge in [-0.1, -0.05) is 12.8 Å². The van der Waals surface area contributed by atoms with Crippen molar-refractivity contribution in [1.82, 2.24) is 24.4 Å². The normalized spacial score (nSPS) is 19.5. The van der Waals surface area contributed by atoms with Gasteiger partial charge < -0.3 is 15.7 Å². The van der Waals surface area contributed by atoms with Crippen LogP contribution < -0.4 is 10.6 Å². The fourth-order valence-corrected chi connectivity index (χ4v) is 3.73. The highest BCUT2D eigenvalue weighted by Crippen LogP contribution is 2.34. The van der Waals surface area contributed by atoms with Crippen LogP contribution >= 0.6 is 0 Å². The number of amides is 1. The smallest absolute Gasteiger partial charge is 0.391 e. The number of carbonyl (C=O) groups is 1. The number of anilines is 2. The third kappa shape index (κ3) is 4.40. The highest BCUT2D eigenvalue weighted by Gasteiger charge is 2.38. The van der Waals surface area contributed by atoms with E-state index < -0.39 is 29.6 Å². The van der Waals surface area contributed by atoms with E-state index in [-0.39, 0.29) is 23.3 Å². The Labute approximate surface area is 181 Å². The Morgan fingerprint density at radius 3 is 2.72 bits per heavy atom. The summed E-state index contributed by atoms with van der Waals surface area (Å²) in [6.45, 7) is 3.37. The summed E-state index contributed by atoms with van der Waals surface area (Å²) in [5.74, 6) is -0.335. The Bertz CT molecular complexity index is 1120. The number of nitrogens with zero attached hydrogens (tertiary/aromatic N) is 5. The molecular weight excluding hydrogens is 427 g/mol. The summed E-state index contributed by atoms with van der Waals surface area (Å²) in [7, 11) is 0. The lowest BCUT2D eigenvalue weighted by molar-refractivity contribution is -0.140. The SMILES string of the molecule is CC(C)n1cc(NC(=O)c2cnn3ccc(N[C@@H]4CCCC[C@@H]4O)nc23)c(C(F)(F)F)n1. The Morgan fingerprint density at radius 1 is 1.28 bits per heavy atom. The van der Waals surface area contributed by atoms with Crippen molar-refractivity contribution in [3.8, 4) is 0 Å². The topological polar surface area (TPSA) is 109 Å². The number of hydrogen-bond donors (Lipinski definition) is 3. The number of aliphatic hydroxyl groups is 1. The summed E-state index contributed by atoms with van der Waals surface area (Å²) in [5.41, 5.74) is -1.40. The van der Waals surface area contributed by atoms with Gasteiger partial charge in [0.15, 0.2) is 11.3 Å². The second kappa shape index (κ2) is 8.41. The molecule has 0 saturated heterocycles. The molecule has 3 N–H and O–H groups in total. The zero-order chi connectivity index (χ0) is 23.0. The fourth-order valence-electron chi connectivity index (χ4n) is 3.73. The lowest BCUT2D eigenvalue weighted by atomic mass is 9.93. The van der Waals surface area contributed by atoms with Gasteiger partial charge in [0.25, 0.3) is 5.91 Å². The van der Waals surface area contributed by atoms with E-state index in [0.29, 0.717) is 12.2 Å². The Kier molecular flexibility index (Phi) is 5.80. The summed E-state index contributed by atoms with van der Waals surface area (Å²) in [6, 6.07) is 1.19. The van der Waals surface area contributed by atoms with E-state index in [2.05, 4.69) is 25.8 Å². The zero-order valence-electron chi connectivity index (χ0n) is 17.6.